The van der Waals surface area contributed by atoms with Gasteiger partial charge >= 0.3 is 19.4 Å². The van der Waals surface area contributed by atoms with Gasteiger partial charge in [-0.1, -0.05) is 62.3 Å². The molecule has 0 saturated carbocycles. The molecule has 6 atom stereocenters. The minimum absolute atomic E-state index is 0.0692. The number of hydrogen-bond donors (Lipinski definition) is 2. The number of azide groups is 1. The van der Waals surface area contributed by atoms with Gasteiger partial charge in [0.1, 0.15) is 23.7 Å². The Morgan fingerprint density at radius 3 is 2.49 bits per heavy atom. The largest absolute Gasteiger partial charge is 0.462 e. The second-order valence-corrected chi connectivity index (χ2v) is 18.4. The molecule has 2 unspecified atom stereocenters. The van der Waals surface area contributed by atoms with E-state index in [-0.39, 0.29) is 11.6 Å². The van der Waals surface area contributed by atoms with E-state index < -0.39 is 70.7 Å². The number of benzene rings is 2. The van der Waals surface area contributed by atoms with Crippen LogP contribution in [0.2, 0.25) is 18.1 Å². The fourth-order valence-corrected chi connectivity index (χ4v) is 9.92. The van der Waals surface area contributed by atoms with Crippen molar-refractivity contribution in [2.24, 2.45) is 5.11 Å². The molecular formula is C31H43FN7O8PSi. The van der Waals surface area contributed by atoms with Crippen LogP contribution in [0.15, 0.2) is 64.6 Å². The summed E-state index contributed by atoms with van der Waals surface area (Å²) in [6, 6.07) is 14.2. The number of halogens is 1. The Kier molecular flexibility index (Phi) is 12.3. The molecule has 2 aromatic carbocycles. The number of carbonyl (C=O) groups excluding carboxylic acids is 1. The summed E-state index contributed by atoms with van der Waals surface area (Å²) in [6.07, 6.45) is -4.38. The van der Waals surface area contributed by atoms with Gasteiger partial charge in [0.25, 0.3) is 0 Å². The minimum atomic E-state index is -4.64. The van der Waals surface area contributed by atoms with Crippen molar-refractivity contribution in [3.05, 3.63) is 75.7 Å². The lowest BCUT2D eigenvalue weighted by atomic mass is 10.1. The molecule has 1 aromatic heterocycles. The number of hydrogen-bond acceptors (Lipinski definition) is 11. The third kappa shape index (κ3) is 8.50. The van der Waals surface area contributed by atoms with Gasteiger partial charge in [0.05, 0.1) is 12.7 Å². The number of nitrogens with one attached hydrogen (secondary N) is 1. The number of nitrogens with two attached hydrogens (primary N) is 1. The maximum atomic E-state index is 17.0. The van der Waals surface area contributed by atoms with E-state index in [4.69, 9.17) is 28.7 Å². The topological polar surface area (TPSA) is 202 Å². The molecule has 1 saturated heterocycles. The van der Waals surface area contributed by atoms with E-state index in [0.717, 1.165) is 9.95 Å². The molecule has 4 rings (SSSR count). The quantitative estimate of drug-likeness (QED) is 0.0416. The Bertz CT molecular complexity index is 1780. The average molecular weight is 720 g/mol. The Morgan fingerprint density at radius 2 is 1.86 bits per heavy atom. The molecule has 0 amide bonds. The van der Waals surface area contributed by atoms with Gasteiger partial charge in [-0.15, -0.1) is 0 Å². The van der Waals surface area contributed by atoms with Crippen molar-refractivity contribution < 1.29 is 36.7 Å². The fraction of sp³-hybridized carbons (Fsp3) is 0.516. The van der Waals surface area contributed by atoms with Gasteiger partial charge in [0.2, 0.25) is 5.72 Å². The van der Waals surface area contributed by atoms with Crippen molar-refractivity contribution in [1.29, 1.82) is 0 Å². The van der Waals surface area contributed by atoms with E-state index in [2.05, 4.69) is 20.1 Å². The zero-order chi connectivity index (χ0) is 36.0. The summed E-state index contributed by atoms with van der Waals surface area (Å²) in [5, 5.41) is 7.56. The number of alkyl halides is 1. The summed E-state index contributed by atoms with van der Waals surface area (Å²) in [5.41, 5.74) is 12.0. The maximum Gasteiger partial charge on any atom is 0.459 e. The number of nitrogens with zero attached hydrogens (tertiary/aromatic N) is 5. The van der Waals surface area contributed by atoms with Crippen LogP contribution in [0.25, 0.3) is 21.2 Å². The molecule has 2 heterocycles. The van der Waals surface area contributed by atoms with Crippen LogP contribution in [-0.4, -0.2) is 60.6 Å². The SMILES string of the molecule is CC[Si](CC)(CC)O[C@H]1C(n2ccc(N)nc2=O)O[C@@](COP(=O)(N[C@@H](C)C(=O)OC(C)C)Oc2cccc3ccccc23)(N=[N+]=[N-])[C@H]1F. The molecule has 0 bridgehead atoms. The number of carbonyl (C=O) groups is 1. The van der Waals surface area contributed by atoms with Crippen molar-refractivity contribution in [2.75, 3.05) is 12.3 Å². The number of ether oxygens (including phenoxy) is 2. The lowest BCUT2D eigenvalue weighted by molar-refractivity contribution is -0.149. The second kappa shape index (κ2) is 15.8. The molecule has 49 heavy (non-hydrogen) atoms. The van der Waals surface area contributed by atoms with E-state index in [1.807, 2.05) is 39.0 Å². The van der Waals surface area contributed by atoms with Gasteiger partial charge in [-0.25, -0.2) is 13.8 Å². The zero-order valence-corrected chi connectivity index (χ0v) is 30.2. The van der Waals surface area contributed by atoms with Crippen LogP contribution in [0.5, 0.6) is 5.75 Å². The molecule has 0 radical (unpaired) electrons. The van der Waals surface area contributed by atoms with Gasteiger partial charge in [-0.2, -0.15) is 10.1 Å². The molecular weight excluding hydrogens is 676 g/mol. The van der Waals surface area contributed by atoms with Crippen molar-refractivity contribution in [3.63, 3.8) is 0 Å². The third-order valence-electron chi connectivity index (χ3n) is 8.45. The summed E-state index contributed by atoms with van der Waals surface area (Å²) >= 11 is 0. The van der Waals surface area contributed by atoms with E-state index in [0.29, 0.717) is 23.5 Å². The molecule has 1 aliphatic rings. The highest BCUT2D eigenvalue weighted by Gasteiger charge is 2.60. The smallest absolute Gasteiger partial charge is 0.459 e. The Morgan fingerprint density at radius 1 is 1.18 bits per heavy atom. The summed E-state index contributed by atoms with van der Waals surface area (Å²) in [4.78, 5) is 32.3. The molecule has 15 nitrogen and oxygen atoms in total. The third-order valence-corrected chi connectivity index (χ3v) is 14.7. The lowest BCUT2D eigenvalue weighted by Gasteiger charge is -2.34. The number of nitrogen functional groups attached to an aromatic ring is 1. The summed E-state index contributed by atoms with van der Waals surface area (Å²) < 4.78 is 62.2. The van der Waals surface area contributed by atoms with Gasteiger partial charge in [-0.05, 0) is 62.0 Å². The summed E-state index contributed by atoms with van der Waals surface area (Å²) in [7, 11) is -7.24. The Labute approximate surface area is 284 Å². The molecule has 266 valence electrons. The fourth-order valence-electron chi connectivity index (χ4n) is 5.58. The van der Waals surface area contributed by atoms with Crippen LogP contribution < -0.4 is 21.0 Å². The van der Waals surface area contributed by atoms with Crippen molar-refractivity contribution >= 4 is 38.6 Å². The van der Waals surface area contributed by atoms with E-state index >= 15 is 4.39 Å². The first-order valence-electron chi connectivity index (χ1n) is 16.1. The molecule has 0 spiro atoms. The first-order chi connectivity index (χ1) is 23.2. The Hall–Kier alpha value is -3.82. The molecule has 0 aliphatic carbocycles. The van der Waals surface area contributed by atoms with Crippen molar-refractivity contribution in [2.45, 2.75) is 96.0 Å². The number of rotatable bonds is 16. The highest BCUT2D eigenvalue weighted by Crippen LogP contribution is 2.51. The van der Waals surface area contributed by atoms with E-state index in [1.165, 1.54) is 19.2 Å². The normalized spacial score (nSPS) is 22.7. The van der Waals surface area contributed by atoms with E-state index in [9.17, 15) is 19.7 Å². The van der Waals surface area contributed by atoms with Crippen LogP contribution in [0.4, 0.5) is 10.2 Å². The minimum Gasteiger partial charge on any atom is -0.462 e. The van der Waals surface area contributed by atoms with Crippen LogP contribution in [0.1, 0.15) is 47.8 Å². The lowest BCUT2D eigenvalue weighted by Crippen LogP contribution is -2.48. The highest BCUT2D eigenvalue weighted by atomic mass is 31.2. The zero-order valence-electron chi connectivity index (χ0n) is 28.3. The van der Waals surface area contributed by atoms with E-state index in [1.54, 1.807) is 38.1 Å². The average Bonchev–Trinajstić information content (AvgIpc) is 3.32. The van der Waals surface area contributed by atoms with Crippen molar-refractivity contribution in [3.8, 4) is 5.75 Å². The Balaban J connectivity index is 1.77. The highest BCUT2D eigenvalue weighted by molar-refractivity contribution is 7.52. The molecule has 18 heteroatoms. The van der Waals surface area contributed by atoms with Crippen LogP contribution in [0.3, 0.4) is 0 Å². The van der Waals surface area contributed by atoms with Gasteiger partial charge < -0.3 is 24.2 Å². The summed E-state index contributed by atoms with van der Waals surface area (Å²) in [5.74, 6) is -0.696. The van der Waals surface area contributed by atoms with Gasteiger partial charge in [-0.3, -0.25) is 13.9 Å². The number of aromatic nitrogens is 2. The monoisotopic (exact) mass is 719 g/mol. The first kappa shape index (κ1) is 38.0. The predicted molar refractivity (Wildman–Crippen MR) is 184 cm³/mol. The predicted octanol–water partition coefficient (Wildman–Crippen LogP) is 6.38. The van der Waals surface area contributed by atoms with Crippen LogP contribution in [0, 0.1) is 0 Å². The van der Waals surface area contributed by atoms with Gasteiger partial charge in [0, 0.05) is 16.5 Å². The second-order valence-electron chi connectivity index (χ2n) is 12.0. The number of esters is 1. The van der Waals surface area contributed by atoms with Crippen molar-refractivity contribution in [1.82, 2.24) is 14.6 Å². The maximum absolute atomic E-state index is 17.0. The molecule has 3 aromatic rings. The van der Waals surface area contributed by atoms with Crippen LogP contribution >= 0.6 is 7.75 Å². The van der Waals surface area contributed by atoms with Gasteiger partial charge in [0.15, 0.2) is 20.7 Å². The van der Waals surface area contributed by atoms with Crippen LogP contribution in [-0.2, 0) is 27.8 Å². The standard InChI is InChI=1S/C31H43FN7O8PSi/c1-7-49(8-2,9-3)47-26-27(32)31(37-38-34,45-28(26)39-18-17-25(33)35-30(39)41)19-43-48(42,36-21(6)29(40)44-20(4)5)46-24-16-12-14-22-13-10-11-15-23(22)24/h10-18,20-21,26-28H,7-9,19H2,1-6H3,(H,36,42)(H2,33,35,41)/t21-,26+,27-,28?,31+,48?/m0/s1. The first-order valence-corrected chi connectivity index (χ1v) is 20.1. The number of fused-ring (bicyclic) bond motifs is 1. The summed E-state index contributed by atoms with van der Waals surface area (Å²) in [6.45, 7) is 9.54. The number of anilines is 1. The molecule has 1 fully saturated rings. The molecule has 1 aliphatic heterocycles. The molecule has 3 N–H and O–H groups in total.